The number of benzene rings is 3. The highest BCUT2D eigenvalue weighted by Gasteiger charge is 2.02. The summed E-state index contributed by atoms with van der Waals surface area (Å²) in [5, 5.41) is 0.804. The van der Waals surface area contributed by atoms with Crippen molar-refractivity contribution < 1.29 is 9.47 Å². The van der Waals surface area contributed by atoms with Gasteiger partial charge in [-0.15, -0.1) is 0 Å². The summed E-state index contributed by atoms with van der Waals surface area (Å²) in [5.41, 5.74) is 3.51. The zero-order valence-corrected chi connectivity index (χ0v) is 14.8. The van der Waals surface area contributed by atoms with Gasteiger partial charge >= 0.3 is 0 Å². The van der Waals surface area contributed by atoms with E-state index in [0.717, 1.165) is 22.8 Å². The van der Waals surface area contributed by atoms with E-state index in [2.05, 4.69) is 30.3 Å². The molecule has 0 aliphatic carbocycles. The van der Waals surface area contributed by atoms with Gasteiger partial charge in [0.25, 0.3) is 0 Å². The van der Waals surface area contributed by atoms with Crippen LogP contribution in [0.3, 0.4) is 0 Å². The van der Waals surface area contributed by atoms with E-state index in [9.17, 15) is 0 Å². The van der Waals surface area contributed by atoms with Crippen molar-refractivity contribution in [1.82, 2.24) is 0 Å². The summed E-state index contributed by atoms with van der Waals surface area (Å²) in [4.78, 5) is 0. The smallest absolute Gasteiger partial charge is 0.119 e. The van der Waals surface area contributed by atoms with Gasteiger partial charge < -0.3 is 9.47 Å². The highest BCUT2D eigenvalue weighted by atomic mass is 35.5. The van der Waals surface area contributed by atoms with Gasteiger partial charge in [0.2, 0.25) is 0 Å². The molecule has 0 saturated carbocycles. The summed E-state index contributed by atoms with van der Waals surface area (Å²) < 4.78 is 11.3. The summed E-state index contributed by atoms with van der Waals surface area (Å²) in [6.07, 6.45) is 0.820. The van der Waals surface area contributed by atoms with Crippen LogP contribution in [0.1, 0.15) is 16.7 Å². The maximum Gasteiger partial charge on any atom is 0.119 e. The number of hydrogen-bond acceptors (Lipinski definition) is 2. The lowest BCUT2D eigenvalue weighted by atomic mass is 10.1. The predicted molar refractivity (Wildman–Crippen MR) is 102 cm³/mol. The van der Waals surface area contributed by atoms with E-state index < -0.39 is 0 Å². The Hall–Kier alpha value is -2.29. The van der Waals surface area contributed by atoms with Crippen LogP contribution in [0.4, 0.5) is 0 Å². The van der Waals surface area contributed by atoms with E-state index in [1.165, 1.54) is 11.1 Å². The van der Waals surface area contributed by atoms with Crippen molar-refractivity contribution in [2.45, 2.75) is 13.0 Å². The van der Waals surface area contributed by atoms with Crippen LogP contribution in [-0.2, 0) is 17.8 Å². The van der Waals surface area contributed by atoms with Gasteiger partial charge in [-0.2, -0.15) is 0 Å². The van der Waals surface area contributed by atoms with E-state index in [0.29, 0.717) is 19.8 Å². The average Bonchev–Trinajstić information content (AvgIpc) is 2.65. The molecule has 0 atom stereocenters. The van der Waals surface area contributed by atoms with Crippen LogP contribution < -0.4 is 4.74 Å². The third-order valence-corrected chi connectivity index (χ3v) is 4.25. The maximum absolute atomic E-state index is 6.21. The van der Waals surface area contributed by atoms with Crippen LogP contribution >= 0.6 is 11.6 Å². The van der Waals surface area contributed by atoms with Crippen molar-refractivity contribution in [3.8, 4) is 5.75 Å². The molecule has 0 amide bonds. The standard InChI is InChI=1S/C22H21ClO2/c23-22-9-5-4-8-20(22)16-18-10-12-21(13-11-18)25-15-14-24-17-19-6-2-1-3-7-19/h1-13H,14-17H2. The van der Waals surface area contributed by atoms with Crippen LogP contribution in [0.2, 0.25) is 5.02 Å². The van der Waals surface area contributed by atoms with Gasteiger partial charge in [-0.25, -0.2) is 0 Å². The molecular formula is C22H21ClO2. The fraction of sp³-hybridized carbons (Fsp3) is 0.182. The van der Waals surface area contributed by atoms with E-state index in [1.54, 1.807) is 0 Å². The fourth-order valence-corrected chi connectivity index (χ4v) is 2.75. The van der Waals surface area contributed by atoms with E-state index in [-0.39, 0.29) is 0 Å². The van der Waals surface area contributed by atoms with Crippen molar-refractivity contribution in [2.24, 2.45) is 0 Å². The normalized spacial score (nSPS) is 10.6. The molecule has 0 saturated heterocycles. The molecule has 0 aliphatic rings. The summed E-state index contributed by atoms with van der Waals surface area (Å²) in [7, 11) is 0. The Morgan fingerprint density at radius 1 is 0.680 bits per heavy atom. The van der Waals surface area contributed by atoms with Gasteiger partial charge in [0.15, 0.2) is 0 Å². The molecule has 3 heteroatoms. The quantitative estimate of drug-likeness (QED) is 0.496. The molecule has 0 spiro atoms. The molecule has 0 aromatic heterocycles. The SMILES string of the molecule is Clc1ccccc1Cc1ccc(OCCOCc2ccccc2)cc1. The highest BCUT2D eigenvalue weighted by molar-refractivity contribution is 6.31. The van der Waals surface area contributed by atoms with Crippen LogP contribution in [0.15, 0.2) is 78.9 Å². The minimum absolute atomic E-state index is 0.538. The van der Waals surface area contributed by atoms with Crippen molar-refractivity contribution in [1.29, 1.82) is 0 Å². The fourth-order valence-electron chi connectivity index (χ4n) is 2.55. The molecule has 0 fully saturated rings. The Kier molecular flexibility index (Phi) is 6.49. The molecule has 0 bridgehead atoms. The predicted octanol–water partition coefficient (Wildman–Crippen LogP) is 5.53. The molecule has 0 radical (unpaired) electrons. The molecule has 3 rings (SSSR count). The Morgan fingerprint density at radius 2 is 1.40 bits per heavy atom. The first kappa shape index (κ1) is 17.5. The van der Waals surface area contributed by atoms with Crippen LogP contribution in [0.25, 0.3) is 0 Å². The van der Waals surface area contributed by atoms with Gasteiger partial charge in [0, 0.05) is 5.02 Å². The Morgan fingerprint density at radius 3 is 2.16 bits per heavy atom. The third-order valence-electron chi connectivity index (χ3n) is 3.88. The second-order valence-electron chi connectivity index (χ2n) is 5.80. The molecule has 128 valence electrons. The first-order chi connectivity index (χ1) is 12.3. The summed E-state index contributed by atoms with van der Waals surface area (Å²) in [6, 6.07) is 26.2. The minimum atomic E-state index is 0.538. The number of halogens is 1. The van der Waals surface area contributed by atoms with Crippen molar-refractivity contribution >= 4 is 11.6 Å². The third kappa shape index (κ3) is 5.63. The van der Waals surface area contributed by atoms with Gasteiger partial charge in [0.1, 0.15) is 12.4 Å². The van der Waals surface area contributed by atoms with Gasteiger partial charge in [0.05, 0.1) is 13.2 Å². The zero-order chi connectivity index (χ0) is 17.3. The van der Waals surface area contributed by atoms with E-state index >= 15 is 0 Å². The first-order valence-electron chi connectivity index (χ1n) is 8.38. The lowest BCUT2D eigenvalue weighted by Crippen LogP contribution is -2.06. The molecule has 25 heavy (non-hydrogen) atoms. The molecule has 0 unspecified atom stereocenters. The molecular weight excluding hydrogens is 332 g/mol. The Bertz CT molecular complexity index is 770. The van der Waals surface area contributed by atoms with Crippen LogP contribution in [0.5, 0.6) is 5.75 Å². The van der Waals surface area contributed by atoms with Crippen molar-refractivity contribution in [3.05, 3.63) is 101 Å². The van der Waals surface area contributed by atoms with Crippen LogP contribution in [0, 0.1) is 0 Å². The summed E-state index contributed by atoms with van der Waals surface area (Å²) in [6.45, 7) is 1.72. The molecule has 0 aliphatic heterocycles. The molecule has 2 nitrogen and oxygen atoms in total. The van der Waals surface area contributed by atoms with Crippen LogP contribution in [-0.4, -0.2) is 13.2 Å². The molecule has 0 N–H and O–H groups in total. The number of ether oxygens (including phenoxy) is 2. The monoisotopic (exact) mass is 352 g/mol. The highest BCUT2D eigenvalue weighted by Crippen LogP contribution is 2.20. The zero-order valence-electron chi connectivity index (χ0n) is 14.0. The lowest BCUT2D eigenvalue weighted by Gasteiger charge is -2.09. The van der Waals surface area contributed by atoms with Gasteiger partial charge in [-0.3, -0.25) is 0 Å². The minimum Gasteiger partial charge on any atom is -0.491 e. The topological polar surface area (TPSA) is 18.5 Å². The Labute approximate surface area is 154 Å². The largest absolute Gasteiger partial charge is 0.491 e. The van der Waals surface area contributed by atoms with Gasteiger partial charge in [-0.1, -0.05) is 72.3 Å². The molecule has 0 heterocycles. The number of rotatable bonds is 8. The second kappa shape index (κ2) is 9.26. The van der Waals surface area contributed by atoms with E-state index in [4.69, 9.17) is 21.1 Å². The van der Waals surface area contributed by atoms with Gasteiger partial charge in [-0.05, 0) is 41.3 Å². The molecule has 3 aromatic carbocycles. The summed E-state index contributed by atoms with van der Waals surface area (Å²) >= 11 is 6.21. The number of hydrogen-bond donors (Lipinski definition) is 0. The van der Waals surface area contributed by atoms with Crippen molar-refractivity contribution in [2.75, 3.05) is 13.2 Å². The van der Waals surface area contributed by atoms with Crippen molar-refractivity contribution in [3.63, 3.8) is 0 Å². The first-order valence-corrected chi connectivity index (χ1v) is 8.76. The second-order valence-corrected chi connectivity index (χ2v) is 6.21. The average molecular weight is 353 g/mol. The van der Waals surface area contributed by atoms with E-state index in [1.807, 2.05) is 48.5 Å². The summed E-state index contributed by atoms with van der Waals surface area (Å²) in [5.74, 6) is 0.853. The lowest BCUT2D eigenvalue weighted by molar-refractivity contribution is 0.0889. The maximum atomic E-state index is 6.21. The molecule has 3 aromatic rings. The Balaban J connectivity index is 1.41.